The van der Waals surface area contributed by atoms with Crippen LogP contribution in [-0.2, 0) is 4.74 Å². The van der Waals surface area contributed by atoms with Gasteiger partial charge in [-0.3, -0.25) is 9.80 Å². The molecule has 2 heterocycles. The third-order valence-electron chi connectivity index (χ3n) is 4.50. The molecular formula is C16H30N2O. The molecular weight excluding hydrogens is 236 g/mol. The molecule has 2 fully saturated rings. The molecule has 0 aromatic heterocycles. The second-order valence-corrected chi connectivity index (χ2v) is 6.21. The van der Waals surface area contributed by atoms with E-state index in [4.69, 9.17) is 4.74 Å². The number of piperazine rings is 1. The normalized spacial score (nSPS) is 29.2. The van der Waals surface area contributed by atoms with E-state index in [-0.39, 0.29) is 0 Å². The highest BCUT2D eigenvalue weighted by molar-refractivity contribution is 4.90. The van der Waals surface area contributed by atoms with E-state index in [1.54, 1.807) is 0 Å². The van der Waals surface area contributed by atoms with E-state index in [9.17, 15) is 0 Å². The van der Waals surface area contributed by atoms with Gasteiger partial charge in [0.05, 0.1) is 13.2 Å². The van der Waals surface area contributed by atoms with Crippen molar-refractivity contribution in [2.24, 2.45) is 0 Å². The Morgan fingerprint density at radius 3 is 2.89 bits per heavy atom. The van der Waals surface area contributed by atoms with Gasteiger partial charge in [0.1, 0.15) is 0 Å². The monoisotopic (exact) mass is 266 g/mol. The Labute approximate surface area is 118 Å². The first-order chi connectivity index (χ1) is 9.20. The van der Waals surface area contributed by atoms with Crippen LogP contribution in [0.3, 0.4) is 0 Å². The van der Waals surface area contributed by atoms with E-state index in [1.807, 2.05) is 6.92 Å². The lowest BCUT2D eigenvalue weighted by Gasteiger charge is -2.48. The summed E-state index contributed by atoms with van der Waals surface area (Å²) >= 11 is 0. The van der Waals surface area contributed by atoms with E-state index < -0.39 is 0 Å². The van der Waals surface area contributed by atoms with Gasteiger partial charge in [-0.1, -0.05) is 25.5 Å². The van der Waals surface area contributed by atoms with Crippen LogP contribution in [0.2, 0.25) is 0 Å². The van der Waals surface area contributed by atoms with E-state index >= 15 is 0 Å². The molecule has 0 aromatic rings. The van der Waals surface area contributed by atoms with Crippen LogP contribution in [-0.4, -0.2) is 61.3 Å². The predicted octanol–water partition coefficient (Wildman–Crippen LogP) is 2.53. The van der Waals surface area contributed by atoms with Crippen LogP contribution in [0.4, 0.5) is 0 Å². The van der Waals surface area contributed by atoms with Crippen molar-refractivity contribution < 1.29 is 4.74 Å². The van der Waals surface area contributed by atoms with Crippen molar-refractivity contribution in [3.05, 3.63) is 12.2 Å². The summed E-state index contributed by atoms with van der Waals surface area (Å²) in [5, 5.41) is 0. The van der Waals surface area contributed by atoms with Gasteiger partial charge in [-0.15, -0.1) is 0 Å². The van der Waals surface area contributed by atoms with Gasteiger partial charge >= 0.3 is 0 Å². The van der Waals surface area contributed by atoms with Gasteiger partial charge in [-0.25, -0.2) is 0 Å². The highest BCUT2D eigenvalue weighted by Crippen LogP contribution is 2.24. The molecule has 3 heteroatoms. The first-order valence-corrected chi connectivity index (χ1v) is 7.91. The van der Waals surface area contributed by atoms with Gasteiger partial charge in [-0.2, -0.15) is 0 Å². The van der Waals surface area contributed by atoms with Crippen molar-refractivity contribution >= 4 is 0 Å². The van der Waals surface area contributed by atoms with E-state index in [1.165, 1.54) is 45.3 Å². The molecule has 2 atom stereocenters. The first kappa shape index (κ1) is 15.0. The quantitative estimate of drug-likeness (QED) is 0.543. The van der Waals surface area contributed by atoms with Crippen molar-refractivity contribution in [2.45, 2.75) is 51.6 Å². The SMILES string of the molecule is C=C(C)COCCN1CC2CCCCN2CC1CC. The Morgan fingerprint density at radius 2 is 2.16 bits per heavy atom. The summed E-state index contributed by atoms with van der Waals surface area (Å²) in [5.41, 5.74) is 1.11. The zero-order chi connectivity index (χ0) is 13.7. The molecule has 0 aliphatic carbocycles. The third-order valence-corrected chi connectivity index (χ3v) is 4.50. The fourth-order valence-electron chi connectivity index (χ4n) is 3.40. The molecule has 0 bridgehead atoms. The second-order valence-electron chi connectivity index (χ2n) is 6.21. The molecule has 0 amide bonds. The average Bonchev–Trinajstić information content (AvgIpc) is 2.42. The van der Waals surface area contributed by atoms with E-state index in [0.717, 1.165) is 30.8 Å². The summed E-state index contributed by atoms with van der Waals surface area (Å²) in [6.07, 6.45) is 5.45. The van der Waals surface area contributed by atoms with Crippen molar-refractivity contribution in [3.63, 3.8) is 0 Å². The third kappa shape index (κ3) is 4.30. The van der Waals surface area contributed by atoms with Gasteiger partial charge < -0.3 is 4.74 Å². The van der Waals surface area contributed by atoms with E-state index in [2.05, 4.69) is 23.3 Å². The number of piperidine rings is 1. The van der Waals surface area contributed by atoms with Gasteiger partial charge in [0.2, 0.25) is 0 Å². The topological polar surface area (TPSA) is 15.7 Å². The number of hydrogen-bond donors (Lipinski definition) is 0. The second kappa shape index (κ2) is 7.41. The summed E-state index contributed by atoms with van der Waals surface area (Å²) < 4.78 is 5.67. The number of hydrogen-bond acceptors (Lipinski definition) is 3. The molecule has 3 nitrogen and oxygen atoms in total. The number of rotatable bonds is 6. The molecule has 0 saturated carbocycles. The molecule has 2 aliphatic heterocycles. The van der Waals surface area contributed by atoms with Crippen LogP contribution < -0.4 is 0 Å². The fourth-order valence-corrected chi connectivity index (χ4v) is 3.40. The van der Waals surface area contributed by atoms with Crippen LogP contribution >= 0.6 is 0 Å². The maximum atomic E-state index is 5.67. The van der Waals surface area contributed by atoms with Gasteiger partial charge in [0.15, 0.2) is 0 Å². The number of ether oxygens (including phenoxy) is 1. The Hall–Kier alpha value is -0.380. The Balaban J connectivity index is 1.78. The zero-order valence-corrected chi connectivity index (χ0v) is 12.7. The molecule has 2 saturated heterocycles. The Kier molecular flexibility index (Phi) is 5.86. The molecule has 2 aliphatic rings. The lowest BCUT2D eigenvalue weighted by Crippen LogP contribution is -2.59. The smallest absolute Gasteiger partial charge is 0.0672 e. The van der Waals surface area contributed by atoms with Gasteiger partial charge in [0.25, 0.3) is 0 Å². The summed E-state index contributed by atoms with van der Waals surface area (Å²) in [6, 6.07) is 1.53. The minimum absolute atomic E-state index is 0.709. The zero-order valence-electron chi connectivity index (χ0n) is 12.7. The standard InChI is InChI=1S/C16H30N2O/c1-4-15-11-17-8-6-5-7-16(17)12-18(15)9-10-19-13-14(2)3/h15-16H,2,4-13H2,1,3H3. The van der Waals surface area contributed by atoms with Crippen molar-refractivity contribution in [1.29, 1.82) is 0 Å². The maximum Gasteiger partial charge on any atom is 0.0672 e. The number of fused-ring (bicyclic) bond motifs is 1. The predicted molar refractivity (Wildman–Crippen MR) is 80.5 cm³/mol. The average molecular weight is 266 g/mol. The van der Waals surface area contributed by atoms with Crippen molar-refractivity contribution in [2.75, 3.05) is 39.4 Å². The molecule has 0 aromatic carbocycles. The molecule has 2 rings (SSSR count). The summed E-state index contributed by atoms with van der Waals surface area (Å²) in [6.45, 7) is 14.7. The summed E-state index contributed by atoms with van der Waals surface area (Å²) in [4.78, 5) is 5.38. The molecule has 2 unspecified atom stereocenters. The highest BCUT2D eigenvalue weighted by atomic mass is 16.5. The van der Waals surface area contributed by atoms with Gasteiger partial charge in [-0.05, 0) is 32.7 Å². The first-order valence-electron chi connectivity index (χ1n) is 7.91. The molecule has 0 spiro atoms. The molecule has 0 radical (unpaired) electrons. The van der Waals surface area contributed by atoms with Crippen LogP contribution in [0, 0.1) is 0 Å². The maximum absolute atomic E-state index is 5.67. The molecule has 110 valence electrons. The fraction of sp³-hybridized carbons (Fsp3) is 0.875. The lowest BCUT2D eigenvalue weighted by atomic mass is 9.96. The highest BCUT2D eigenvalue weighted by Gasteiger charge is 2.33. The Bertz CT molecular complexity index is 292. The Morgan fingerprint density at radius 1 is 1.32 bits per heavy atom. The minimum atomic E-state index is 0.709. The van der Waals surface area contributed by atoms with Crippen molar-refractivity contribution in [1.82, 2.24) is 9.80 Å². The van der Waals surface area contributed by atoms with Crippen LogP contribution in [0.25, 0.3) is 0 Å². The van der Waals surface area contributed by atoms with Gasteiger partial charge in [0, 0.05) is 31.7 Å². The van der Waals surface area contributed by atoms with Crippen LogP contribution in [0.15, 0.2) is 12.2 Å². The molecule has 0 N–H and O–H groups in total. The minimum Gasteiger partial charge on any atom is -0.376 e. The van der Waals surface area contributed by atoms with Crippen LogP contribution in [0.5, 0.6) is 0 Å². The van der Waals surface area contributed by atoms with Crippen molar-refractivity contribution in [3.8, 4) is 0 Å². The summed E-state index contributed by atoms with van der Waals surface area (Å²) in [5.74, 6) is 0. The summed E-state index contributed by atoms with van der Waals surface area (Å²) in [7, 11) is 0. The number of nitrogens with zero attached hydrogens (tertiary/aromatic N) is 2. The lowest BCUT2D eigenvalue weighted by molar-refractivity contribution is -0.00572. The largest absolute Gasteiger partial charge is 0.376 e. The van der Waals surface area contributed by atoms with Crippen LogP contribution in [0.1, 0.15) is 39.5 Å². The van der Waals surface area contributed by atoms with E-state index in [0.29, 0.717) is 6.61 Å². The molecule has 19 heavy (non-hydrogen) atoms.